The highest BCUT2D eigenvalue weighted by atomic mass is 33.2. The normalized spacial score (nSPS) is 20.3. The number of benzene rings is 1. The van der Waals surface area contributed by atoms with Gasteiger partial charge in [-0.15, -0.1) is 0 Å². The summed E-state index contributed by atoms with van der Waals surface area (Å²) in [5.41, 5.74) is 3.00. The Balaban J connectivity index is 1.29. The van der Waals surface area contributed by atoms with Crippen molar-refractivity contribution in [1.29, 1.82) is 0 Å². The van der Waals surface area contributed by atoms with Crippen molar-refractivity contribution < 1.29 is 22.7 Å². The molecular formula is C24H24N2O5S2. The van der Waals surface area contributed by atoms with Gasteiger partial charge in [-0.1, -0.05) is 12.1 Å². The minimum Gasteiger partial charge on any atom is -0.454 e. The van der Waals surface area contributed by atoms with Crippen LogP contribution in [0.15, 0.2) is 54.1 Å². The SMILES string of the molecule is CN(C)S(=O)(=O)S1=CC=C(c2ccc(CC(=O)C3(c4ccc5c(c4)OCO5)CC3)nc2)C=C1. The standard InChI is InChI=1S/C24H24N2O5S2/c1-26(2)33(28,29)32-11-7-17(8-12-32)18-3-5-20(25-15-18)14-23(27)24(9-10-24)19-4-6-21-22(13-19)31-16-30-21/h3-8,11-13,15H,9-10,14,16H2,1-2H3. The van der Waals surface area contributed by atoms with Crippen LogP contribution in [0.1, 0.15) is 29.7 Å². The third-order valence-electron chi connectivity index (χ3n) is 6.16. The van der Waals surface area contributed by atoms with Crippen LogP contribution in [0, 0.1) is 0 Å². The second-order valence-corrected chi connectivity index (χ2v) is 13.6. The molecule has 1 unspecified atom stereocenters. The van der Waals surface area contributed by atoms with E-state index >= 15 is 0 Å². The number of carbonyl (C=O) groups excluding carboxylic acids is 1. The number of fused-ring (bicyclic) bond motifs is 1. The molecule has 0 radical (unpaired) electrons. The van der Waals surface area contributed by atoms with Crippen molar-refractivity contribution in [3.63, 3.8) is 0 Å². The van der Waals surface area contributed by atoms with E-state index in [1.165, 1.54) is 18.4 Å². The molecule has 9 heteroatoms. The maximum absolute atomic E-state index is 13.2. The fourth-order valence-corrected chi connectivity index (χ4v) is 7.45. The number of hydrogen-bond acceptors (Lipinski definition) is 6. The van der Waals surface area contributed by atoms with E-state index in [1.54, 1.807) is 17.0 Å². The van der Waals surface area contributed by atoms with Crippen molar-refractivity contribution in [1.82, 2.24) is 9.29 Å². The Bertz CT molecular complexity index is 1320. The Kier molecular flexibility index (Phi) is 5.50. The summed E-state index contributed by atoms with van der Waals surface area (Å²) in [6, 6.07) is 9.53. The van der Waals surface area contributed by atoms with E-state index in [-0.39, 0.29) is 19.0 Å². The number of Topliss-reactive ketones (excluding diaryl/α,β-unsaturated/α-hetero) is 1. The van der Waals surface area contributed by atoms with Crippen LogP contribution in [0.3, 0.4) is 0 Å². The van der Waals surface area contributed by atoms with Crippen LogP contribution in [0.2, 0.25) is 0 Å². The first-order valence-corrected chi connectivity index (χ1v) is 13.9. The van der Waals surface area contributed by atoms with Crippen molar-refractivity contribution >= 4 is 35.3 Å². The summed E-state index contributed by atoms with van der Waals surface area (Å²) in [6.45, 7) is 0.214. The van der Waals surface area contributed by atoms with Gasteiger partial charge in [0.2, 0.25) is 6.79 Å². The van der Waals surface area contributed by atoms with Gasteiger partial charge in [0, 0.05) is 38.0 Å². The van der Waals surface area contributed by atoms with Crippen LogP contribution >= 0.6 is 9.52 Å². The monoisotopic (exact) mass is 484 g/mol. The number of ether oxygens (including phenoxy) is 2. The lowest BCUT2D eigenvalue weighted by Crippen LogP contribution is -2.23. The van der Waals surface area contributed by atoms with Crippen LogP contribution < -0.4 is 9.47 Å². The van der Waals surface area contributed by atoms with Crippen molar-refractivity contribution in [2.45, 2.75) is 24.7 Å². The molecule has 0 bridgehead atoms. The summed E-state index contributed by atoms with van der Waals surface area (Å²) in [5, 5.41) is 3.40. The number of ketones is 1. The largest absolute Gasteiger partial charge is 0.454 e. The smallest absolute Gasteiger partial charge is 0.264 e. The van der Waals surface area contributed by atoms with Crippen LogP contribution in [-0.2, 0) is 25.7 Å². The average Bonchev–Trinajstić information content (AvgIpc) is 3.50. The Morgan fingerprint density at radius 2 is 1.94 bits per heavy atom. The van der Waals surface area contributed by atoms with E-state index in [9.17, 15) is 13.2 Å². The predicted molar refractivity (Wildman–Crippen MR) is 130 cm³/mol. The minimum absolute atomic E-state index is 0.157. The quantitative estimate of drug-likeness (QED) is 0.442. The lowest BCUT2D eigenvalue weighted by Gasteiger charge is -2.16. The Morgan fingerprint density at radius 3 is 2.58 bits per heavy atom. The van der Waals surface area contributed by atoms with Gasteiger partial charge in [0.05, 0.1) is 5.41 Å². The van der Waals surface area contributed by atoms with Gasteiger partial charge in [0.1, 0.15) is 5.78 Å². The zero-order chi connectivity index (χ0) is 23.2. The molecule has 7 nitrogen and oxygen atoms in total. The van der Waals surface area contributed by atoms with Crippen LogP contribution in [0.5, 0.6) is 11.5 Å². The number of pyridine rings is 1. The second-order valence-electron chi connectivity index (χ2n) is 8.42. The molecular weight excluding hydrogens is 460 g/mol. The molecule has 1 fully saturated rings. The molecule has 0 spiro atoms. The highest BCUT2D eigenvalue weighted by Crippen LogP contribution is 2.51. The highest BCUT2D eigenvalue weighted by Gasteiger charge is 2.50. The van der Waals surface area contributed by atoms with Gasteiger partial charge in [0.15, 0.2) is 11.5 Å². The number of allylic oxidation sites excluding steroid dienone is 3. The molecule has 1 saturated carbocycles. The summed E-state index contributed by atoms with van der Waals surface area (Å²) < 4.78 is 36.7. The fraction of sp³-hybridized carbons (Fsp3) is 0.292. The molecule has 0 saturated heterocycles. The first kappa shape index (κ1) is 22.1. The summed E-state index contributed by atoms with van der Waals surface area (Å²) in [4.78, 5) is 17.7. The fourth-order valence-electron chi connectivity index (χ4n) is 3.97. The van der Waals surface area contributed by atoms with E-state index in [0.717, 1.165) is 35.2 Å². The first-order valence-electron chi connectivity index (χ1n) is 10.6. The average molecular weight is 485 g/mol. The van der Waals surface area contributed by atoms with Gasteiger partial charge in [-0.05, 0) is 74.6 Å². The van der Waals surface area contributed by atoms with Gasteiger partial charge >= 0.3 is 0 Å². The maximum atomic E-state index is 13.2. The number of carbonyl (C=O) groups is 1. The molecule has 33 heavy (non-hydrogen) atoms. The maximum Gasteiger partial charge on any atom is 0.264 e. The molecule has 3 aliphatic rings. The van der Waals surface area contributed by atoms with Crippen molar-refractivity contribution in [2.75, 3.05) is 20.9 Å². The van der Waals surface area contributed by atoms with E-state index in [1.807, 2.05) is 42.5 Å². The predicted octanol–water partition coefficient (Wildman–Crippen LogP) is 3.44. The molecule has 2 aromatic rings. The molecule has 5 rings (SSSR count). The summed E-state index contributed by atoms with van der Waals surface area (Å²) in [5.74, 6) is 1.57. The Morgan fingerprint density at radius 1 is 1.15 bits per heavy atom. The zero-order valence-corrected chi connectivity index (χ0v) is 20.0. The van der Waals surface area contributed by atoms with Gasteiger partial charge in [-0.2, -0.15) is 4.31 Å². The number of nitrogens with zero attached hydrogens (tertiary/aromatic N) is 2. The van der Waals surface area contributed by atoms with Crippen molar-refractivity contribution in [3.8, 4) is 11.5 Å². The first-order chi connectivity index (χ1) is 15.8. The van der Waals surface area contributed by atoms with Crippen LogP contribution in [-0.4, -0.2) is 49.7 Å². The molecule has 1 aromatic carbocycles. The molecule has 2 aliphatic heterocycles. The number of rotatable bonds is 7. The molecule has 1 aromatic heterocycles. The van der Waals surface area contributed by atoms with Gasteiger partial charge in [-0.25, -0.2) is 8.42 Å². The van der Waals surface area contributed by atoms with E-state index in [4.69, 9.17) is 9.47 Å². The molecule has 0 N–H and O–H groups in total. The van der Waals surface area contributed by atoms with Crippen molar-refractivity contribution in [2.24, 2.45) is 0 Å². The van der Waals surface area contributed by atoms with Gasteiger partial charge in [0.25, 0.3) is 9.06 Å². The molecule has 1 aliphatic carbocycles. The molecule has 0 amide bonds. The van der Waals surface area contributed by atoms with E-state index in [2.05, 4.69) is 4.98 Å². The second kappa shape index (κ2) is 8.23. The highest BCUT2D eigenvalue weighted by molar-refractivity contribution is 8.79. The van der Waals surface area contributed by atoms with Crippen LogP contribution in [0.25, 0.3) is 5.57 Å². The minimum atomic E-state index is -3.35. The van der Waals surface area contributed by atoms with Crippen LogP contribution in [0.4, 0.5) is 0 Å². The van der Waals surface area contributed by atoms with E-state index < -0.39 is 24.0 Å². The lowest BCUT2D eigenvalue weighted by molar-refractivity contribution is -0.120. The molecule has 1 atom stereocenters. The lowest BCUT2D eigenvalue weighted by atomic mass is 9.88. The summed E-state index contributed by atoms with van der Waals surface area (Å²) in [7, 11) is -1.27. The van der Waals surface area contributed by atoms with Gasteiger partial charge < -0.3 is 9.47 Å². The zero-order valence-electron chi connectivity index (χ0n) is 18.4. The Labute approximate surface area is 195 Å². The third-order valence-corrected chi connectivity index (χ3v) is 11.4. The number of hydrogen-bond donors (Lipinski definition) is 0. The topological polar surface area (TPSA) is 85.8 Å². The molecule has 3 heterocycles. The van der Waals surface area contributed by atoms with E-state index in [0.29, 0.717) is 11.5 Å². The number of aromatic nitrogens is 1. The third kappa shape index (κ3) is 4.05. The molecule has 172 valence electrons. The summed E-state index contributed by atoms with van der Waals surface area (Å²) in [6.07, 6.45) is 7.27. The Hall–Kier alpha value is -2.75. The summed E-state index contributed by atoms with van der Waals surface area (Å²) >= 11 is 0. The van der Waals surface area contributed by atoms with Gasteiger partial charge in [-0.3, -0.25) is 9.78 Å². The van der Waals surface area contributed by atoms with Crippen molar-refractivity contribution in [3.05, 3.63) is 70.9 Å².